The maximum absolute atomic E-state index is 12.1. The molecule has 0 radical (unpaired) electrons. The Hall–Kier alpha value is -2.95. The summed E-state index contributed by atoms with van der Waals surface area (Å²) in [5.41, 5.74) is 1.49. The van der Waals surface area contributed by atoms with E-state index < -0.39 is 5.97 Å². The van der Waals surface area contributed by atoms with Gasteiger partial charge >= 0.3 is 5.97 Å². The summed E-state index contributed by atoms with van der Waals surface area (Å²) in [4.78, 5) is 34.2. The van der Waals surface area contributed by atoms with E-state index in [1.54, 1.807) is 24.3 Å². The van der Waals surface area contributed by atoms with Crippen LogP contribution in [0.25, 0.3) is 0 Å². The predicted molar refractivity (Wildman–Crippen MR) is 92.7 cm³/mol. The molecule has 5 heteroatoms. The van der Waals surface area contributed by atoms with Crippen molar-refractivity contribution in [2.24, 2.45) is 0 Å². The van der Waals surface area contributed by atoms with E-state index in [-0.39, 0.29) is 37.2 Å². The zero-order chi connectivity index (χ0) is 18.1. The van der Waals surface area contributed by atoms with Gasteiger partial charge in [0.25, 0.3) is 0 Å². The molecule has 0 saturated heterocycles. The van der Waals surface area contributed by atoms with Gasteiger partial charge in [0.15, 0.2) is 5.78 Å². The first kappa shape index (κ1) is 18.4. The van der Waals surface area contributed by atoms with Crippen LogP contribution in [0, 0.1) is 0 Å². The Morgan fingerprint density at radius 2 is 1.56 bits per heavy atom. The Labute approximate surface area is 146 Å². The van der Waals surface area contributed by atoms with E-state index in [1.807, 2.05) is 30.3 Å². The number of carbonyl (C=O) groups is 3. The van der Waals surface area contributed by atoms with Gasteiger partial charge in [0.1, 0.15) is 18.1 Å². The number of ketones is 2. The molecule has 0 aromatic heterocycles. The first-order valence-electron chi connectivity index (χ1n) is 8.08. The standard InChI is InChI=1S/C20H20O5/c21-17(7-4-8-20(23)24)13-19(22)16-9-11-18(12-10-16)25-14-15-5-2-1-3-6-15/h1-3,5-6,9-12H,4,7-8,13-14H2,(H,23,24). The number of aliphatic carboxylic acids is 1. The van der Waals surface area contributed by atoms with Crippen LogP contribution in [-0.2, 0) is 16.2 Å². The third kappa shape index (κ3) is 6.59. The molecule has 2 aromatic carbocycles. The lowest BCUT2D eigenvalue weighted by Gasteiger charge is -2.07. The first-order chi connectivity index (χ1) is 12.0. The molecule has 1 N–H and O–H groups in total. The molecule has 2 aromatic rings. The molecule has 0 aliphatic heterocycles. The number of carboxylic acids is 1. The van der Waals surface area contributed by atoms with E-state index in [0.29, 0.717) is 17.9 Å². The highest BCUT2D eigenvalue weighted by Crippen LogP contribution is 2.16. The van der Waals surface area contributed by atoms with Crippen molar-refractivity contribution in [3.63, 3.8) is 0 Å². The second-order valence-corrected chi connectivity index (χ2v) is 5.68. The van der Waals surface area contributed by atoms with Gasteiger partial charge in [0.2, 0.25) is 0 Å². The maximum Gasteiger partial charge on any atom is 0.303 e. The molecule has 0 saturated carbocycles. The summed E-state index contributed by atoms with van der Waals surface area (Å²) in [7, 11) is 0. The molecule has 0 atom stereocenters. The highest BCUT2D eigenvalue weighted by atomic mass is 16.5. The monoisotopic (exact) mass is 340 g/mol. The Morgan fingerprint density at radius 1 is 0.880 bits per heavy atom. The van der Waals surface area contributed by atoms with Gasteiger partial charge in [-0.05, 0) is 36.2 Å². The number of benzene rings is 2. The van der Waals surface area contributed by atoms with Crippen LogP contribution in [0.1, 0.15) is 41.6 Å². The van der Waals surface area contributed by atoms with Crippen molar-refractivity contribution >= 4 is 17.5 Å². The van der Waals surface area contributed by atoms with E-state index in [9.17, 15) is 14.4 Å². The third-order valence-corrected chi connectivity index (χ3v) is 3.63. The predicted octanol–water partition coefficient (Wildman–Crippen LogP) is 3.66. The lowest BCUT2D eigenvalue weighted by Crippen LogP contribution is -2.09. The van der Waals surface area contributed by atoms with E-state index in [4.69, 9.17) is 9.84 Å². The zero-order valence-electron chi connectivity index (χ0n) is 13.8. The summed E-state index contributed by atoms with van der Waals surface area (Å²) in [5.74, 6) is -0.802. The first-order valence-corrected chi connectivity index (χ1v) is 8.08. The molecule has 0 spiro atoms. The summed E-state index contributed by atoms with van der Waals surface area (Å²) < 4.78 is 5.65. The van der Waals surface area contributed by atoms with Crippen LogP contribution in [0.4, 0.5) is 0 Å². The third-order valence-electron chi connectivity index (χ3n) is 3.63. The molecule has 2 rings (SSSR count). The molecule has 0 aliphatic carbocycles. The average Bonchev–Trinajstić information content (AvgIpc) is 2.61. The Morgan fingerprint density at radius 3 is 2.20 bits per heavy atom. The molecular formula is C20H20O5. The fourth-order valence-electron chi connectivity index (χ4n) is 2.28. The van der Waals surface area contributed by atoms with Gasteiger partial charge in [-0.15, -0.1) is 0 Å². The minimum atomic E-state index is -0.940. The number of hydrogen-bond donors (Lipinski definition) is 1. The number of carboxylic acid groups (broad SMARTS) is 1. The molecule has 5 nitrogen and oxygen atoms in total. The van der Waals surface area contributed by atoms with Crippen molar-refractivity contribution in [2.45, 2.75) is 32.3 Å². The summed E-state index contributed by atoms with van der Waals surface area (Å²) in [5, 5.41) is 8.54. The highest BCUT2D eigenvalue weighted by Gasteiger charge is 2.12. The SMILES string of the molecule is O=C(O)CCCC(=O)CC(=O)c1ccc(OCc2ccccc2)cc1. The van der Waals surface area contributed by atoms with Crippen LogP contribution in [0.15, 0.2) is 54.6 Å². The molecule has 0 amide bonds. The molecule has 0 bridgehead atoms. The Balaban J connectivity index is 1.81. The quantitative estimate of drug-likeness (QED) is 0.527. The number of Topliss-reactive ketones (excluding diaryl/α,β-unsaturated/α-hetero) is 2. The second-order valence-electron chi connectivity index (χ2n) is 5.68. The van der Waals surface area contributed by atoms with Crippen molar-refractivity contribution in [2.75, 3.05) is 0 Å². The number of hydrogen-bond acceptors (Lipinski definition) is 4. The molecule has 0 heterocycles. The molecule has 0 aliphatic rings. The van der Waals surface area contributed by atoms with Crippen molar-refractivity contribution in [1.29, 1.82) is 0 Å². The van der Waals surface area contributed by atoms with Crippen LogP contribution in [0.3, 0.4) is 0 Å². The number of ether oxygens (including phenoxy) is 1. The van der Waals surface area contributed by atoms with Crippen LogP contribution < -0.4 is 4.74 Å². The van der Waals surface area contributed by atoms with Crippen molar-refractivity contribution in [3.05, 3.63) is 65.7 Å². The molecule has 25 heavy (non-hydrogen) atoms. The van der Waals surface area contributed by atoms with Crippen LogP contribution in [0.2, 0.25) is 0 Å². The highest BCUT2D eigenvalue weighted by molar-refractivity contribution is 6.08. The molecule has 0 fully saturated rings. The largest absolute Gasteiger partial charge is 0.489 e. The van der Waals surface area contributed by atoms with Gasteiger partial charge in [0, 0.05) is 18.4 Å². The van der Waals surface area contributed by atoms with Gasteiger partial charge in [-0.1, -0.05) is 30.3 Å². The second kappa shape index (κ2) is 9.37. The number of carbonyl (C=O) groups excluding carboxylic acids is 2. The van der Waals surface area contributed by atoms with Crippen molar-refractivity contribution < 1.29 is 24.2 Å². The maximum atomic E-state index is 12.1. The Kier molecular flexibility index (Phi) is 6.89. The minimum absolute atomic E-state index is 0.0621. The Bertz CT molecular complexity index is 720. The van der Waals surface area contributed by atoms with Gasteiger partial charge in [-0.2, -0.15) is 0 Å². The van der Waals surface area contributed by atoms with Crippen LogP contribution >= 0.6 is 0 Å². The summed E-state index contributed by atoms with van der Waals surface area (Å²) in [6, 6.07) is 16.4. The fraction of sp³-hybridized carbons (Fsp3) is 0.250. The molecular weight excluding hydrogens is 320 g/mol. The fourth-order valence-corrected chi connectivity index (χ4v) is 2.28. The topological polar surface area (TPSA) is 80.7 Å². The van der Waals surface area contributed by atoms with Crippen molar-refractivity contribution in [3.8, 4) is 5.75 Å². The van der Waals surface area contributed by atoms with E-state index >= 15 is 0 Å². The smallest absolute Gasteiger partial charge is 0.303 e. The van der Waals surface area contributed by atoms with Gasteiger partial charge in [-0.3, -0.25) is 14.4 Å². The summed E-state index contributed by atoms with van der Waals surface area (Å²) >= 11 is 0. The average molecular weight is 340 g/mol. The van der Waals surface area contributed by atoms with Crippen LogP contribution in [0.5, 0.6) is 5.75 Å². The van der Waals surface area contributed by atoms with Gasteiger partial charge in [-0.25, -0.2) is 0 Å². The van der Waals surface area contributed by atoms with Gasteiger partial charge in [0.05, 0.1) is 6.42 Å². The van der Waals surface area contributed by atoms with E-state index in [0.717, 1.165) is 5.56 Å². The van der Waals surface area contributed by atoms with E-state index in [1.165, 1.54) is 0 Å². The molecule has 0 unspecified atom stereocenters. The zero-order valence-corrected chi connectivity index (χ0v) is 13.8. The lowest BCUT2D eigenvalue weighted by molar-refractivity contribution is -0.137. The molecule has 130 valence electrons. The summed E-state index contributed by atoms with van der Waals surface area (Å²) in [6.07, 6.45) is 0.0985. The summed E-state index contributed by atoms with van der Waals surface area (Å²) in [6.45, 7) is 0.441. The normalized spacial score (nSPS) is 10.2. The van der Waals surface area contributed by atoms with Gasteiger partial charge < -0.3 is 9.84 Å². The van der Waals surface area contributed by atoms with Crippen molar-refractivity contribution in [1.82, 2.24) is 0 Å². The minimum Gasteiger partial charge on any atom is -0.489 e. The lowest BCUT2D eigenvalue weighted by atomic mass is 10.0. The van der Waals surface area contributed by atoms with Crippen LogP contribution in [-0.4, -0.2) is 22.6 Å². The number of rotatable bonds is 10. The van der Waals surface area contributed by atoms with E-state index in [2.05, 4.69) is 0 Å².